The first kappa shape index (κ1) is 27.0. The Labute approximate surface area is 222 Å². The van der Waals surface area contributed by atoms with Gasteiger partial charge in [-0.05, 0) is 42.0 Å². The molecule has 10 nitrogen and oxygen atoms in total. The molecule has 0 saturated heterocycles. The number of hydrogen-bond acceptors (Lipinski definition) is 7. The molecule has 0 fully saturated rings. The molecule has 2 aromatic heterocycles. The maximum absolute atomic E-state index is 14.3. The number of fused-ring (bicyclic) bond motifs is 1. The van der Waals surface area contributed by atoms with E-state index in [9.17, 15) is 22.4 Å². The minimum Gasteiger partial charge on any atom is -0.480 e. The quantitative estimate of drug-likeness (QED) is 0.338. The van der Waals surface area contributed by atoms with Crippen molar-refractivity contribution in [1.82, 2.24) is 19.9 Å². The molecule has 1 unspecified atom stereocenters. The molecule has 0 saturated carbocycles. The fourth-order valence-electron chi connectivity index (χ4n) is 3.83. The SMILES string of the molecule is CNC(=O)C(C)Cn1cnc2ccc(-c3cnc(OC)c(NS(=O)(=O)c4ccc(Cl)cc4F)c3)cc2c1=O. The summed E-state index contributed by atoms with van der Waals surface area (Å²) in [5.41, 5.74) is 1.07. The molecule has 13 heteroatoms. The summed E-state index contributed by atoms with van der Waals surface area (Å²) in [6.07, 6.45) is 2.84. The van der Waals surface area contributed by atoms with E-state index in [-0.39, 0.29) is 34.6 Å². The maximum Gasteiger partial charge on any atom is 0.264 e. The Kier molecular flexibility index (Phi) is 7.65. The van der Waals surface area contributed by atoms with Crippen molar-refractivity contribution in [2.45, 2.75) is 18.4 Å². The van der Waals surface area contributed by atoms with E-state index in [4.69, 9.17) is 16.3 Å². The molecule has 2 heterocycles. The fraction of sp³-hybridized carbons (Fsp3) is 0.200. The number of benzene rings is 2. The summed E-state index contributed by atoms with van der Waals surface area (Å²) >= 11 is 5.74. The minimum absolute atomic E-state index is 0.0394. The number of rotatable bonds is 8. The number of methoxy groups -OCH3 is 1. The van der Waals surface area contributed by atoms with E-state index >= 15 is 0 Å². The summed E-state index contributed by atoms with van der Waals surface area (Å²) in [6.45, 7) is 1.84. The molecule has 0 bridgehead atoms. The van der Waals surface area contributed by atoms with Crippen LogP contribution in [-0.4, -0.2) is 43.0 Å². The van der Waals surface area contributed by atoms with Gasteiger partial charge in [-0.2, -0.15) is 0 Å². The first-order valence-electron chi connectivity index (χ1n) is 11.3. The molecule has 0 radical (unpaired) electrons. The zero-order chi connectivity index (χ0) is 27.6. The standard InChI is InChI=1S/C25H23ClFN5O5S/c1-14(23(33)28-2)12-32-13-30-20-6-4-15(8-18(20)25(32)34)16-9-21(24(37-3)29-11-16)31-38(35,36)22-7-5-17(26)10-19(22)27/h4-11,13-14,31H,12H2,1-3H3,(H,28,33). The Hall–Kier alpha value is -4.03. The number of carbonyl (C=O) groups excluding carboxylic acids is 1. The van der Waals surface area contributed by atoms with Crippen molar-refractivity contribution in [3.05, 3.63) is 76.2 Å². The summed E-state index contributed by atoms with van der Waals surface area (Å²) in [5.74, 6) is -1.72. The van der Waals surface area contributed by atoms with Crippen molar-refractivity contribution in [3.63, 3.8) is 0 Å². The number of ether oxygens (including phenoxy) is 1. The molecular formula is C25H23ClFN5O5S. The smallest absolute Gasteiger partial charge is 0.264 e. The van der Waals surface area contributed by atoms with E-state index in [0.717, 1.165) is 12.1 Å². The number of nitrogens with zero attached hydrogens (tertiary/aromatic N) is 3. The van der Waals surface area contributed by atoms with Crippen LogP contribution in [0.25, 0.3) is 22.0 Å². The van der Waals surface area contributed by atoms with Crippen LogP contribution in [0.5, 0.6) is 5.88 Å². The van der Waals surface area contributed by atoms with E-state index in [2.05, 4.69) is 20.0 Å². The van der Waals surface area contributed by atoms with Crippen LogP contribution in [-0.2, 0) is 21.4 Å². The Morgan fingerprint density at radius 2 is 1.92 bits per heavy atom. The Balaban J connectivity index is 1.73. The van der Waals surface area contributed by atoms with Crippen molar-refractivity contribution < 1.29 is 22.3 Å². The average molecular weight is 560 g/mol. The predicted molar refractivity (Wildman–Crippen MR) is 141 cm³/mol. The van der Waals surface area contributed by atoms with E-state index in [1.54, 1.807) is 25.1 Å². The normalized spacial score (nSPS) is 12.2. The second-order valence-electron chi connectivity index (χ2n) is 8.41. The topological polar surface area (TPSA) is 132 Å². The van der Waals surface area contributed by atoms with Gasteiger partial charge >= 0.3 is 0 Å². The van der Waals surface area contributed by atoms with E-state index < -0.39 is 26.7 Å². The van der Waals surface area contributed by atoms with E-state index in [1.807, 2.05) is 0 Å². The number of anilines is 1. The van der Waals surface area contributed by atoms with E-state index in [1.165, 1.54) is 43.4 Å². The number of aromatic nitrogens is 3. The lowest BCUT2D eigenvalue weighted by atomic mass is 10.0. The van der Waals surface area contributed by atoms with Crippen LogP contribution < -0.4 is 20.3 Å². The number of hydrogen-bond donors (Lipinski definition) is 2. The molecule has 38 heavy (non-hydrogen) atoms. The molecular weight excluding hydrogens is 537 g/mol. The van der Waals surface area contributed by atoms with Crippen molar-refractivity contribution >= 4 is 44.1 Å². The Bertz CT molecular complexity index is 1710. The van der Waals surface area contributed by atoms with Crippen molar-refractivity contribution in [2.75, 3.05) is 18.9 Å². The molecule has 1 amide bonds. The number of nitrogens with one attached hydrogen (secondary N) is 2. The molecule has 0 spiro atoms. The van der Waals surface area contributed by atoms with Gasteiger partial charge in [0, 0.05) is 30.4 Å². The third-order valence-corrected chi connectivity index (χ3v) is 7.43. The highest BCUT2D eigenvalue weighted by Gasteiger charge is 2.22. The highest BCUT2D eigenvalue weighted by molar-refractivity contribution is 7.92. The molecule has 0 aliphatic heterocycles. The second kappa shape index (κ2) is 10.8. The van der Waals surface area contributed by atoms with Gasteiger partial charge in [0.25, 0.3) is 15.6 Å². The van der Waals surface area contributed by atoms with Gasteiger partial charge in [-0.3, -0.25) is 18.9 Å². The number of pyridine rings is 1. The number of carbonyl (C=O) groups is 1. The minimum atomic E-state index is -4.36. The maximum atomic E-state index is 14.3. The average Bonchev–Trinajstić information content (AvgIpc) is 2.89. The fourth-order valence-corrected chi connectivity index (χ4v) is 5.10. The van der Waals surface area contributed by atoms with Gasteiger partial charge in [-0.15, -0.1) is 0 Å². The highest BCUT2D eigenvalue weighted by atomic mass is 35.5. The third kappa shape index (κ3) is 5.46. The zero-order valence-electron chi connectivity index (χ0n) is 20.5. The summed E-state index contributed by atoms with van der Waals surface area (Å²) in [6, 6.07) is 9.62. The number of sulfonamides is 1. The first-order chi connectivity index (χ1) is 18.0. The Morgan fingerprint density at radius 3 is 2.61 bits per heavy atom. The Morgan fingerprint density at radius 1 is 1.16 bits per heavy atom. The summed E-state index contributed by atoms with van der Waals surface area (Å²) in [5, 5.41) is 2.90. The lowest BCUT2D eigenvalue weighted by Crippen LogP contribution is -2.32. The van der Waals surface area contributed by atoms with Crippen LogP contribution in [0, 0.1) is 11.7 Å². The van der Waals surface area contributed by atoms with Gasteiger partial charge in [0.1, 0.15) is 16.4 Å². The van der Waals surface area contributed by atoms with Gasteiger partial charge in [0.15, 0.2) is 0 Å². The zero-order valence-corrected chi connectivity index (χ0v) is 22.1. The van der Waals surface area contributed by atoms with Crippen LogP contribution in [0.2, 0.25) is 5.02 Å². The molecule has 4 aromatic rings. The van der Waals surface area contributed by atoms with Gasteiger partial charge < -0.3 is 10.1 Å². The molecule has 0 aliphatic rings. The lowest BCUT2D eigenvalue weighted by Gasteiger charge is -2.14. The van der Waals surface area contributed by atoms with Crippen molar-refractivity contribution in [2.24, 2.45) is 5.92 Å². The summed E-state index contributed by atoms with van der Waals surface area (Å²) < 4.78 is 49.0. The van der Waals surface area contributed by atoms with Gasteiger partial charge in [0.05, 0.1) is 30.3 Å². The highest BCUT2D eigenvalue weighted by Crippen LogP contribution is 2.31. The molecule has 0 aliphatic carbocycles. The number of halogens is 2. The third-order valence-electron chi connectivity index (χ3n) is 5.79. The summed E-state index contributed by atoms with van der Waals surface area (Å²) in [7, 11) is -1.52. The van der Waals surface area contributed by atoms with Gasteiger partial charge in [0.2, 0.25) is 11.8 Å². The lowest BCUT2D eigenvalue weighted by molar-refractivity contribution is -0.124. The second-order valence-corrected chi connectivity index (χ2v) is 10.5. The molecule has 2 N–H and O–H groups in total. The van der Waals surface area contributed by atoms with Crippen LogP contribution in [0.1, 0.15) is 6.92 Å². The molecule has 198 valence electrons. The van der Waals surface area contributed by atoms with Gasteiger partial charge in [-0.25, -0.2) is 22.8 Å². The van der Waals surface area contributed by atoms with Crippen LogP contribution in [0.3, 0.4) is 0 Å². The summed E-state index contributed by atoms with van der Waals surface area (Å²) in [4.78, 5) is 32.9. The monoisotopic (exact) mass is 559 g/mol. The van der Waals surface area contributed by atoms with Crippen LogP contribution in [0.4, 0.5) is 10.1 Å². The van der Waals surface area contributed by atoms with Crippen LogP contribution >= 0.6 is 11.6 Å². The molecule has 1 atom stereocenters. The van der Waals surface area contributed by atoms with Crippen molar-refractivity contribution in [3.8, 4) is 17.0 Å². The van der Waals surface area contributed by atoms with Crippen LogP contribution in [0.15, 0.2) is 64.7 Å². The number of amides is 1. The molecule has 4 rings (SSSR count). The van der Waals surface area contributed by atoms with Crippen molar-refractivity contribution in [1.29, 1.82) is 0 Å². The first-order valence-corrected chi connectivity index (χ1v) is 13.1. The largest absolute Gasteiger partial charge is 0.480 e. The van der Waals surface area contributed by atoms with E-state index in [0.29, 0.717) is 22.0 Å². The van der Waals surface area contributed by atoms with Gasteiger partial charge in [-0.1, -0.05) is 24.6 Å². The molecule has 2 aromatic carbocycles. The predicted octanol–water partition coefficient (Wildman–Crippen LogP) is 3.44.